The van der Waals surface area contributed by atoms with Crippen molar-refractivity contribution in [2.75, 3.05) is 26.4 Å². The Morgan fingerprint density at radius 2 is 2.31 bits per heavy atom. The number of amides is 1. The van der Waals surface area contributed by atoms with Gasteiger partial charge in [-0.05, 0) is 13.3 Å². The maximum Gasteiger partial charge on any atom is 0.261 e. The molecule has 1 heterocycles. The zero-order valence-electron chi connectivity index (χ0n) is 9.63. The molecule has 1 unspecified atom stereocenters. The van der Waals surface area contributed by atoms with Crippen LogP contribution in [0.4, 0.5) is 8.78 Å². The molecule has 1 N–H and O–H groups in total. The Labute approximate surface area is 93.9 Å². The molecule has 6 heteroatoms. The van der Waals surface area contributed by atoms with Crippen molar-refractivity contribution in [3.05, 3.63) is 0 Å². The maximum absolute atomic E-state index is 11.8. The molecule has 94 valence electrons. The van der Waals surface area contributed by atoms with Crippen LogP contribution in [-0.4, -0.2) is 49.2 Å². The van der Waals surface area contributed by atoms with Crippen LogP contribution in [0.2, 0.25) is 0 Å². The lowest BCUT2D eigenvalue weighted by atomic mass is 9.99. The number of ether oxygens (including phenoxy) is 1. The molecular formula is C10H18F2N2O2. The van der Waals surface area contributed by atoms with Crippen molar-refractivity contribution in [2.45, 2.75) is 32.2 Å². The topological polar surface area (TPSA) is 41.6 Å². The Morgan fingerprint density at radius 3 is 2.81 bits per heavy atom. The summed E-state index contributed by atoms with van der Waals surface area (Å²) in [5.74, 6) is 0.00986. The number of carbonyl (C=O) groups excluding carboxylic acids is 1. The summed E-state index contributed by atoms with van der Waals surface area (Å²) in [7, 11) is 0. The molecule has 1 fully saturated rings. The smallest absolute Gasteiger partial charge is 0.261 e. The summed E-state index contributed by atoms with van der Waals surface area (Å²) < 4.78 is 28.3. The van der Waals surface area contributed by atoms with Crippen LogP contribution in [0.5, 0.6) is 0 Å². The number of nitrogens with zero attached hydrogens (tertiary/aromatic N) is 1. The molecule has 0 bridgehead atoms. The van der Waals surface area contributed by atoms with Gasteiger partial charge in [0.15, 0.2) is 0 Å². The van der Waals surface area contributed by atoms with Crippen LogP contribution < -0.4 is 5.32 Å². The summed E-state index contributed by atoms with van der Waals surface area (Å²) in [6.07, 6.45) is -1.74. The van der Waals surface area contributed by atoms with Crippen molar-refractivity contribution in [3.63, 3.8) is 0 Å². The first-order valence-corrected chi connectivity index (χ1v) is 5.40. The summed E-state index contributed by atoms with van der Waals surface area (Å²) in [6.45, 7) is 4.17. The van der Waals surface area contributed by atoms with Crippen LogP contribution in [0.1, 0.15) is 20.3 Å². The number of halogens is 2. The molecule has 16 heavy (non-hydrogen) atoms. The molecule has 1 aliphatic heterocycles. The third-order valence-electron chi connectivity index (χ3n) is 2.88. The summed E-state index contributed by atoms with van der Waals surface area (Å²) in [5.41, 5.74) is -0.511. The second kappa shape index (κ2) is 5.54. The fraction of sp³-hybridized carbons (Fsp3) is 0.900. The molecule has 0 aromatic heterocycles. The Morgan fingerprint density at radius 1 is 1.62 bits per heavy atom. The minimum Gasteiger partial charge on any atom is -0.374 e. The third kappa shape index (κ3) is 3.12. The van der Waals surface area contributed by atoms with Gasteiger partial charge in [-0.15, -0.1) is 0 Å². The van der Waals surface area contributed by atoms with Crippen molar-refractivity contribution >= 4 is 5.91 Å². The van der Waals surface area contributed by atoms with Gasteiger partial charge in [0.1, 0.15) is 6.61 Å². The number of nitrogens with one attached hydrogen (secondary N) is 1. The number of hydrogen-bond donors (Lipinski definition) is 1. The molecule has 0 aromatic carbocycles. The number of carbonyl (C=O) groups is 1. The zero-order chi connectivity index (χ0) is 12.2. The van der Waals surface area contributed by atoms with Crippen molar-refractivity contribution in [1.82, 2.24) is 10.2 Å². The summed E-state index contributed by atoms with van der Waals surface area (Å²) in [5, 5.41) is 3.10. The van der Waals surface area contributed by atoms with E-state index >= 15 is 0 Å². The van der Waals surface area contributed by atoms with Gasteiger partial charge in [0.2, 0.25) is 5.91 Å². The van der Waals surface area contributed by atoms with E-state index in [9.17, 15) is 13.6 Å². The Bertz CT molecular complexity index is 251. The molecule has 1 amide bonds. The molecule has 1 atom stereocenters. The minimum atomic E-state index is -2.45. The van der Waals surface area contributed by atoms with Gasteiger partial charge in [0.25, 0.3) is 6.43 Å². The van der Waals surface area contributed by atoms with Crippen LogP contribution in [0, 0.1) is 0 Å². The zero-order valence-corrected chi connectivity index (χ0v) is 9.63. The predicted molar refractivity (Wildman–Crippen MR) is 55.2 cm³/mol. The van der Waals surface area contributed by atoms with Crippen molar-refractivity contribution in [2.24, 2.45) is 0 Å². The molecule has 0 saturated carbocycles. The van der Waals surface area contributed by atoms with Crippen LogP contribution >= 0.6 is 0 Å². The first kappa shape index (κ1) is 13.3. The molecule has 1 aliphatic rings. The van der Waals surface area contributed by atoms with Gasteiger partial charge in [-0.1, -0.05) is 6.92 Å². The van der Waals surface area contributed by atoms with Crippen LogP contribution in [0.25, 0.3) is 0 Å². The lowest BCUT2D eigenvalue weighted by Gasteiger charge is -2.20. The molecule has 1 saturated heterocycles. The number of rotatable bonds is 6. The predicted octanol–water partition coefficient (Wildman–Crippen LogP) is 0.826. The standard InChI is InChI=1S/C10H18F2N2O2/c1-3-10(2)9(15)14(7-13-10)4-5-16-6-8(11)12/h8,13H,3-7H2,1-2H3. The van der Waals surface area contributed by atoms with Gasteiger partial charge in [-0.25, -0.2) is 8.78 Å². The van der Waals surface area contributed by atoms with E-state index in [2.05, 4.69) is 5.32 Å². The first-order chi connectivity index (χ1) is 7.49. The lowest BCUT2D eigenvalue weighted by Crippen LogP contribution is -2.43. The van der Waals surface area contributed by atoms with Crippen LogP contribution in [0.15, 0.2) is 0 Å². The Kier molecular flexibility index (Phi) is 4.61. The highest BCUT2D eigenvalue weighted by Gasteiger charge is 2.40. The van der Waals surface area contributed by atoms with Gasteiger partial charge in [0, 0.05) is 6.54 Å². The molecule has 4 nitrogen and oxygen atoms in total. The van der Waals surface area contributed by atoms with Crippen LogP contribution in [0.3, 0.4) is 0 Å². The van der Waals surface area contributed by atoms with Gasteiger partial charge in [0.05, 0.1) is 18.8 Å². The van der Waals surface area contributed by atoms with E-state index < -0.39 is 18.6 Å². The second-order valence-electron chi connectivity index (χ2n) is 4.06. The molecule has 0 spiro atoms. The van der Waals surface area contributed by atoms with Crippen LogP contribution in [-0.2, 0) is 9.53 Å². The molecule has 0 aromatic rings. The van der Waals surface area contributed by atoms with Gasteiger partial charge < -0.3 is 9.64 Å². The largest absolute Gasteiger partial charge is 0.374 e. The van der Waals surface area contributed by atoms with Gasteiger partial charge in [-0.2, -0.15) is 0 Å². The third-order valence-corrected chi connectivity index (χ3v) is 2.88. The normalized spacial score (nSPS) is 25.8. The highest BCUT2D eigenvalue weighted by molar-refractivity contribution is 5.87. The van der Waals surface area contributed by atoms with Crippen molar-refractivity contribution in [1.29, 1.82) is 0 Å². The monoisotopic (exact) mass is 236 g/mol. The number of alkyl halides is 2. The van der Waals surface area contributed by atoms with Gasteiger partial charge >= 0.3 is 0 Å². The molecule has 0 aliphatic carbocycles. The quantitative estimate of drug-likeness (QED) is 0.694. The Balaban J connectivity index is 2.27. The number of hydrogen-bond acceptors (Lipinski definition) is 3. The highest BCUT2D eigenvalue weighted by atomic mass is 19.3. The summed E-state index contributed by atoms with van der Waals surface area (Å²) in [6, 6.07) is 0. The fourth-order valence-electron chi connectivity index (χ4n) is 1.57. The van der Waals surface area contributed by atoms with Crippen molar-refractivity contribution in [3.8, 4) is 0 Å². The van der Waals surface area contributed by atoms with E-state index in [1.165, 1.54) is 0 Å². The van der Waals surface area contributed by atoms with E-state index in [4.69, 9.17) is 4.74 Å². The SMILES string of the molecule is CCC1(C)NCN(CCOCC(F)F)C1=O. The van der Waals surface area contributed by atoms with Gasteiger partial charge in [-0.3, -0.25) is 10.1 Å². The summed E-state index contributed by atoms with van der Waals surface area (Å²) in [4.78, 5) is 13.4. The average Bonchev–Trinajstić information content (AvgIpc) is 2.53. The summed E-state index contributed by atoms with van der Waals surface area (Å²) >= 11 is 0. The fourth-order valence-corrected chi connectivity index (χ4v) is 1.57. The highest BCUT2D eigenvalue weighted by Crippen LogP contribution is 2.18. The van der Waals surface area contributed by atoms with E-state index in [1.807, 2.05) is 13.8 Å². The first-order valence-electron chi connectivity index (χ1n) is 5.40. The Hall–Kier alpha value is -0.750. The molecule has 1 rings (SSSR count). The van der Waals surface area contributed by atoms with E-state index in [-0.39, 0.29) is 12.5 Å². The van der Waals surface area contributed by atoms with E-state index in [0.29, 0.717) is 19.6 Å². The van der Waals surface area contributed by atoms with E-state index in [1.54, 1.807) is 4.90 Å². The molecule has 0 radical (unpaired) electrons. The van der Waals surface area contributed by atoms with Crippen molar-refractivity contribution < 1.29 is 18.3 Å². The minimum absolute atomic E-state index is 0.00986. The maximum atomic E-state index is 11.8. The second-order valence-corrected chi connectivity index (χ2v) is 4.06. The molecular weight excluding hydrogens is 218 g/mol. The van der Waals surface area contributed by atoms with E-state index in [0.717, 1.165) is 0 Å². The lowest BCUT2D eigenvalue weighted by molar-refractivity contribution is -0.132. The average molecular weight is 236 g/mol.